The summed E-state index contributed by atoms with van der Waals surface area (Å²) < 4.78 is 10.0. The van der Waals surface area contributed by atoms with Crippen molar-refractivity contribution in [2.75, 3.05) is 11.9 Å². The van der Waals surface area contributed by atoms with E-state index in [0.717, 1.165) is 12.1 Å². The molecule has 0 aliphatic heterocycles. The Bertz CT molecular complexity index is 803. The molecule has 0 saturated carbocycles. The summed E-state index contributed by atoms with van der Waals surface area (Å²) in [6.07, 6.45) is 0. The quantitative estimate of drug-likeness (QED) is 0.368. The Balaban J connectivity index is 2.06. The van der Waals surface area contributed by atoms with Crippen molar-refractivity contribution in [3.63, 3.8) is 0 Å². The topological polar surface area (TPSA) is 128 Å². The number of phenolic OH excluding ortho intramolecular Hbond substituents is 1. The van der Waals surface area contributed by atoms with E-state index in [1.54, 1.807) is 6.92 Å². The molecule has 0 bridgehead atoms. The highest BCUT2D eigenvalue weighted by molar-refractivity contribution is 6.37. The van der Waals surface area contributed by atoms with E-state index in [1.165, 1.54) is 30.3 Å². The van der Waals surface area contributed by atoms with Crippen molar-refractivity contribution >= 4 is 23.3 Å². The maximum absolute atomic E-state index is 11.5. The Morgan fingerprint density at radius 1 is 1.16 bits per heavy atom. The molecule has 0 unspecified atom stereocenters. The molecular formula is C16H14N2O7. The molecule has 0 aliphatic carbocycles. The van der Waals surface area contributed by atoms with Crippen molar-refractivity contribution in [2.45, 2.75) is 6.92 Å². The molecule has 0 spiro atoms. The molecule has 0 aromatic heterocycles. The Hall–Kier alpha value is -3.62. The summed E-state index contributed by atoms with van der Waals surface area (Å²) in [6.45, 7) is 1.68. The minimum Gasteiger partial charge on any atom is -0.502 e. The number of nitrogens with one attached hydrogen (secondary N) is 1. The summed E-state index contributed by atoms with van der Waals surface area (Å²) in [5.74, 6) is -1.85. The van der Waals surface area contributed by atoms with Gasteiger partial charge in [-0.25, -0.2) is 4.79 Å². The number of nitro benzene ring substituents is 1. The van der Waals surface area contributed by atoms with E-state index in [9.17, 15) is 24.8 Å². The second-order valence-corrected chi connectivity index (χ2v) is 4.71. The van der Waals surface area contributed by atoms with E-state index in [0.29, 0.717) is 11.4 Å². The zero-order chi connectivity index (χ0) is 18.4. The van der Waals surface area contributed by atoms with Gasteiger partial charge in [-0.1, -0.05) is 0 Å². The minimum absolute atomic E-state index is 0.0950. The molecule has 2 aromatic carbocycles. The number of esters is 1. The van der Waals surface area contributed by atoms with Gasteiger partial charge in [0, 0.05) is 5.69 Å². The maximum Gasteiger partial charge on any atom is 0.397 e. The molecule has 0 radical (unpaired) electrons. The molecule has 0 heterocycles. The van der Waals surface area contributed by atoms with Gasteiger partial charge in [-0.15, -0.1) is 0 Å². The zero-order valence-corrected chi connectivity index (χ0v) is 13.1. The predicted octanol–water partition coefficient (Wildman–Crippen LogP) is 2.59. The minimum atomic E-state index is -0.987. The number of benzene rings is 2. The standard InChI is InChI=1S/C16H14N2O7/c1-2-24-16(21)15(20)17-10-3-5-11(6-4-10)25-12-7-8-14(19)13(9-12)18(22)23/h3-9,19H,2H2,1H3,(H,17,20). The third kappa shape index (κ3) is 4.67. The lowest BCUT2D eigenvalue weighted by atomic mass is 10.2. The second kappa shape index (κ2) is 7.77. The SMILES string of the molecule is CCOC(=O)C(=O)Nc1ccc(Oc2ccc(O)c([N+](=O)[O-])c2)cc1. The van der Waals surface area contributed by atoms with Crippen LogP contribution in [0.15, 0.2) is 42.5 Å². The van der Waals surface area contributed by atoms with E-state index >= 15 is 0 Å². The summed E-state index contributed by atoms with van der Waals surface area (Å²) in [7, 11) is 0. The van der Waals surface area contributed by atoms with Crippen LogP contribution in [0.25, 0.3) is 0 Å². The Labute approximate surface area is 141 Å². The Kier molecular flexibility index (Phi) is 5.51. The maximum atomic E-state index is 11.5. The predicted molar refractivity (Wildman–Crippen MR) is 86.5 cm³/mol. The smallest absolute Gasteiger partial charge is 0.397 e. The van der Waals surface area contributed by atoms with E-state index in [4.69, 9.17) is 4.74 Å². The first-order chi connectivity index (χ1) is 11.9. The van der Waals surface area contributed by atoms with E-state index in [2.05, 4.69) is 10.1 Å². The van der Waals surface area contributed by atoms with Crippen LogP contribution in [0.5, 0.6) is 17.2 Å². The molecule has 1 amide bonds. The van der Waals surface area contributed by atoms with Crippen molar-refractivity contribution in [1.29, 1.82) is 0 Å². The third-order valence-electron chi connectivity index (χ3n) is 2.95. The van der Waals surface area contributed by atoms with Crippen molar-refractivity contribution in [3.05, 3.63) is 52.6 Å². The normalized spacial score (nSPS) is 9.96. The van der Waals surface area contributed by atoms with Crippen molar-refractivity contribution < 1.29 is 29.1 Å². The fourth-order valence-electron chi connectivity index (χ4n) is 1.83. The second-order valence-electron chi connectivity index (χ2n) is 4.71. The molecule has 9 nitrogen and oxygen atoms in total. The summed E-state index contributed by atoms with van der Waals surface area (Å²) in [5, 5.41) is 22.5. The average Bonchev–Trinajstić information content (AvgIpc) is 2.58. The Morgan fingerprint density at radius 2 is 1.80 bits per heavy atom. The summed E-state index contributed by atoms with van der Waals surface area (Å²) in [4.78, 5) is 32.8. The molecule has 130 valence electrons. The lowest BCUT2D eigenvalue weighted by molar-refractivity contribution is -0.385. The number of hydrogen-bond acceptors (Lipinski definition) is 7. The first kappa shape index (κ1) is 17.7. The highest BCUT2D eigenvalue weighted by Gasteiger charge is 2.16. The van der Waals surface area contributed by atoms with Gasteiger partial charge in [0.2, 0.25) is 0 Å². The third-order valence-corrected chi connectivity index (χ3v) is 2.95. The zero-order valence-electron chi connectivity index (χ0n) is 13.1. The number of hydrogen-bond donors (Lipinski definition) is 2. The molecule has 0 saturated heterocycles. The van der Waals surface area contributed by atoms with Gasteiger partial charge in [0.05, 0.1) is 17.6 Å². The van der Waals surface area contributed by atoms with Crippen LogP contribution < -0.4 is 10.1 Å². The highest BCUT2D eigenvalue weighted by atomic mass is 16.6. The van der Waals surface area contributed by atoms with Gasteiger partial charge >= 0.3 is 17.6 Å². The van der Waals surface area contributed by atoms with Crippen LogP contribution in [0.4, 0.5) is 11.4 Å². The fraction of sp³-hybridized carbons (Fsp3) is 0.125. The monoisotopic (exact) mass is 346 g/mol. The summed E-state index contributed by atoms with van der Waals surface area (Å²) in [5.41, 5.74) is -0.127. The van der Waals surface area contributed by atoms with Crippen molar-refractivity contribution in [3.8, 4) is 17.2 Å². The van der Waals surface area contributed by atoms with Crippen LogP contribution in [0, 0.1) is 10.1 Å². The van der Waals surface area contributed by atoms with Gasteiger partial charge in [0.1, 0.15) is 11.5 Å². The highest BCUT2D eigenvalue weighted by Crippen LogP contribution is 2.32. The van der Waals surface area contributed by atoms with Crippen LogP contribution in [0.2, 0.25) is 0 Å². The number of nitrogens with zero attached hydrogens (tertiary/aromatic N) is 1. The number of amides is 1. The number of rotatable bonds is 5. The van der Waals surface area contributed by atoms with Crippen LogP contribution in [-0.4, -0.2) is 28.5 Å². The summed E-state index contributed by atoms with van der Waals surface area (Å²) >= 11 is 0. The van der Waals surface area contributed by atoms with E-state index < -0.39 is 28.2 Å². The van der Waals surface area contributed by atoms with Crippen molar-refractivity contribution in [1.82, 2.24) is 0 Å². The number of aromatic hydroxyl groups is 1. The van der Waals surface area contributed by atoms with Gasteiger partial charge < -0.3 is 19.9 Å². The number of anilines is 1. The molecule has 25 heavy (non-hydrogen) atoms. The molecular weight excluding hydrogens is 332 g/mol. The molecule has 0 fully saturated rings. The molecule has 2 aromatic rings. The molecule has 2 rings (SSSR count). The molecule has 2 N–H and O–H groups in total. The first-order valence-corrected chi connectivity index (χ1v) is 7.14. The fourth-order valence-corrected chi connectivity index (χ4v) is 1.83. The van der Waals surface area contributed by atoms with E-state index in [-0.39, 0.29) is 12.4 Å². The first-order valence-electron chi connectivity index (χ1n) is 7.14. The van der Waals surface area contributed by atoms with Crippen LogP contribution in [0.3, 0.4) is 0 Å². The summed E-state index contributed by atoms with van der Waals surface area (Å²) in [6, 6.07) is 9.59. The molecule has 9 heteroatoms. The van der Waals surface area contributed by atoms with Gasteiger partial charge in [-0.3, -0.25) is 14.9 Å². The van der Waals surface area contributed by atoms with Crippen LogP contribution in [-0.2, 0) is 14.3 Å². The van der Waals surface area contributed by atoms with Gasteiger partial charge in [0.25, 0.3) is 0 Å². The van der Waals surface area contributed by atoms with Crippen molar-refractivity contribution in [2.24, 2.45) is 0 Å². The number of carbonyl (C=O) groups excluding carboxylic acids is 2. The Morgan fingerprint density at radius 3 is 2.40 bits per heavy atom. The number of phenols is 1. The lowest BCUT2D eigenvalue weighted by Crippen LogP contribution is -2.24. The molecule has 0 atom stereocenters. The van der Waals surface area contributed by atoms with Crippen LogP contribution >= 0.6 is 0 Å². The average molecular weight is 346 g/mol. The largest absolute Gasteiger partial charge is 0.502 e. The number of carbonyl (C=O) groups is 2. The number of ether oxygens (including phenoxy) is 2. The van der Waals surface area contributed by atoms with E-state index in [1.807, 2.05) is 0 Å². The van der Waals surface area contributed by atoms with Crippen LogP contribution in [0.1, 0.15) is 6.92 Å². The van der Waals surface area contributed by atoms with Gasteiger partial charge in [0.15, 0.2) is 5.75 Å². The van der Waals surface area contributed by atoms with Gasteiger partial charge in [-0.2, -0.15) is 0 Å². The number of nitro groups is 1. The lowest BCUT2D eigenvalue weighted by Gasteiger charge is -2.08. The van der Waals surface area contributed by atoms with Gasteiger partial charge in [-0.05, 0) is 43.3 Å². The molecule has 0 aliphatic rings.